The number of rotatable bonds is 5. The highest BCUT2D eigenvalue weighted by molar-refractivity contribution is 5.72. The summed E-state index contributed by atoms with van der Waals surface area (Å²) in [5.41, 5.74) is 0.372. The third-order valence-corrected chi connectivity index (χ3v) is 3.89. The van der Waals surface area contributed by atoms with Crippen LogP contribution in [0, 0.1) is 16.0 Å². The van der Waals surface area contributed by atoms with Gasteiger partial charge in [0.1, 0.15) is 11.4 Å². The summed E-state index contributed by atoms with van der Waals surface area (Å²) in [7, 11) is 1.43. The van der Waals surface area contributed by atoms with E-state index in [4.69, 9.17) is 4.74 Å². The van der Waals surface area contributed by atoms with Gasteiger partial charge in [-0.1, -0.05) is 19.3 Å². The van der Waals surface area contributed by atoms with Crippen LogP contribution in [0.25, 0.3) is 0 Å². The zero-order valence-corrected chi connectivity index (χ0v) is 12.6. The van der Waals surface area contributed by atoms with Crippen LogP contribution in [0.5, 0.6) is 5.75 Å². The Balaban J connectivity index is 2.05. The topological polar surface area (TPSA) is 93.5 Å². The SMILES string of the molecule is CNC(=O)Oc1ccc(NCC2CCCCC2)c([N+](=O)[O-])c1. The molecule has 7 nitrogen and oxygen atoms in total. The fraction of sp³-hybridized carbons (Fsp3) is 0.533. The fourth-order valence-electron chi connectivity index (χ4n) is 2.68. The molecule has 2 rings (SSSR count). The molecule has 0 atom stereocenters. The molecule has 1 aliphatic carbocycles. The minimum atomic E-state index is -0.655. The highest BCUT2D eigenvalue weighted by atomic mass is 16.6. The molecule has 0 saturated heterocycles. The maximum Gasteiger partial charge on any atom is 0.412 e. The van der Waals surface area contributed by atoms with Crippen LogP contribution >= 0.6 is 0 Å². The number of carbonyl (C=O) groups is 1. The highest BCUT2D eigenvalue weighted by Gasteiger charge is 2.18. The monoisotopic (exact) mass is 307 g/mol. The van der Waals surface area contributed by atoms with Crippen molar-refractivity contribution in [3.63, 3.8) is 0 Å². The molecule has 0 heterocycles. The number of ether oxygens (including phenoxy) is 1. The Labute approximate surface area is 129 Å². The Morgan fingerprint density at radius 2 is 2.09 bits per heavy atom. The van der Waals surface area contributed by atoms with E-state index in [-0.39, 0.29) is 11.4 Å². The standard InChI is InChI=1S/C15H21N3O4/c1-16-15(19)22-12-7-8-13(14(9-12)18(20)21)17-10-11-5-3-2-4-6-11/h7-9,11,17H,2-6,10H2,1H3,(H,16,19). The third kappa shape index (κ3) is 4.34. The number of nitrogens with zero attached hydrogens (tertiary/aromatic N) is 1. The van der Waals surface area contributed by atoms with Gasteiger partial charge in [0.25, 0.3) is 5.69 Å². The zero-order chi connectivity index (χ0) is 15.9. The van der Waals surface area contributed by atoms with E-state index in [0.29, 0.717) is 11.6 Å². The molecule has 22 heavy (non-hydrogen) atoms. The Hall–Kier alpha value is -2.31. The molecule has 0 aromatic heterocycles. The van der Waals surface area contributed by atoms with E-state index < -0.39 is 11.0 Å². The van der Waals surface area contributed by atoms with Gasteiger partial charge in [0.2, 0.25) is 0 Å². The number of carbonyl (C=O) groups excluding carboxylic acids is 1. The maximum atomic E-state index is 11.2. The number of nitro benzene ring substituents is 1. The van der Waals surface area contributed by atoms with Gasteiger partial charge in [-0.25, -0.2) is 4.79 Å². The van der Waals surface area contributed by atoms with Gasteiger partial charge in [0, 0.05) is 13.6 Å². The van der Waals surface area contributed by atoms with E-state index in [2.05, 4.69) is 10.6 Å². The predicted octanol–water partition coefficient (Wildman–Crippen LogP) is 3.31. The average molecular weight is 307 g/mol. The third-order valence-electron chi connectivity index (χ3n) is 3.89. The van der Waals surface area contributed by atoms with Crippen molar-refractivity contribution in [1.29, 1.82) is 0 Å². The summed E-state index contributed by atoms with van der Waals surface area (Å²) in [6, 6.07) is 4.39. The predicted molar refractivity (Wildman–Crippen MR) is 83.2 cm³/mol. The molecule has 120 valence electrons. The molecule has 1 fully saturated rings. The summed E-state index contributed by atoms with van der Waals surface area (Å²) in [4.78, 5) is 21.9. The number of nitrogens with one attached hydrogen (secondary N) is 2. The lowest BCUT2D eigenvalue weighted by Gasteiger charge is -2.22. The second-order valence-corrected chi connectivity index (χ2v) is 5.46. The van der Waals surface area contributed by atoms with Gasteiger partial charge < -0.3 is 15.4 Å². The van der Waals surface area contributed by atoms with Crippen molar-refractivity contribution >= 4 is 17.5 Å². The molecule has 0 spiro atoms. The molecule has 1 aromatic carbocycles. The number of hydrogen-bond donors (Lipinski definition) is 2. The first-order valence-electron chi connectivity index (χ1n) is 7.52. The van der Waals surface area contributed by atoms with Crippen molar-refractivity contribution < 1.29 is 14.5 Å². The number of nitro groups is 1. The van der Waals surface area contributed by atoms with Crippen LogP contribution in [0.4, 0.5) is 16.2 Å². The smallest absolute Gasteiger partial charge is 0.410 e. The first-order chi connectivity index (χ1) is 10.6. The molecule has 1 saturated carbocycles. The number of hydrogen-bond acceptors (Lipinski definition) is 5. The van der Waals surface area contributed by atoms with Gasteiger partial charge in [-0.15, -0.1) is 0 Å². The van der Waals surface area contributed by atoms with E-state index in [1.165, 1.54) is 45.2 Å². The molecular weight excluding hydrogens is 286 g/mol. The summed E-state index contributed by atoms with van der Waals surface area (Å²) in [6.45, 7) is 0.733. The first-order valence-corrected chi connectivity index (χ1v) is 7.52. The normalized spacial score (nSPS) is 15.1. The number of amides is 1. The largest absolute Gasteiger partial charge is 0.412 e. The van der Waals surface area contributed by atoms with Crippen LogP contribution in [0.2, 0.25) is 0 Å². The Bertz CT molecular complexity index is 542. The minimum Gasteiger partial charge on any atom is -0.410 e. The quantitative estimate of drug-likeness (QED) is 0.643. The molecule has 7 heteroatoms. The average Bonchev–Trinajstić information content (AvgIpc) is 2.54. The molecule has 1 amide bonds. The summed E-state index contributed by atoms with van der Waals surface area (Å²) in [5.74, 6) is 0.712. The molecule has 2 N–H and O–H groups in total. The van der Waals surface area contributed by atoms with Gasteiger partial charge in [0.05, 0.1) is 11.0 Å². The van der Waals surface area contributed by atoms with E-state index >= 15 is 0 Å². The summed E-state index contributed by atoms with van der Waals surface area (Å²) in [5, 5.41) is 16.6. The van der Waals surface area contributed by atoms with Crippen LogP contribution in [-0.4, -0.2) is 24.6 Å². The van der Waals surface area contributed by atoms with Crippen molar-refractivity contribution in [2.24, 2.45) is 5.92 Å². The maximum absolute atomic E-state index is 11.2. The molecule has 1 aliphatic rings. The molecule has 0 unspecified atom stereocenters. The Morgan fingerprint density at radius 3 is 2.73 bits per heavy atom. The zero-order valence-electron chi connectivity index (χ0n) is 12.6. The van der Waals surface area contributed by atoms with E-state index in [1.807, 2.05) is 0 Å². The van der Waals surface area contributed by atoms with Gasteiger partial charge in [-0.2, -0.15) is 0 Å². The number of anilines is 1. The molecule has 0 bridgehead atoms. The lowest BCUT2D eigenvalue weighted by atomic mass is 9.89. The first kappa shape index (κ1) is 16.1. The van der Waals surface area contributed by atoms with E-state index in [0.717, 1.165) is 6.54 Å². The van der Waals surface area contributed by atoms with Gasteiger partial charge in [-0.3, -0.25) is 10.1 Å². The fourth-order valence-corrected chi connectivity index (χ4v) is 2.68. The highest BCUT2D eigenvalue weighted by Crippen LogP contribution is 2.30. The van der Waals surface area contributed by atoms with Crippen LogP contribution in [0.1, 0.15) is 32.1 Å². The van der Waals surface area contributed by atoms with Crippen molar-refractivity contribution in [1.82, 2.24) is 5.32 Å². The van der Waals surface area contributed by atoms with Gasteiger partial charge >= 0.3 is 6.09 Å². The summed E-state index contributed by atoms with van der Waals surface area (Å²) in [6.07, 6.45) is 5.41. The summed E-state index contributed by atoms with van der Waals surface area (Å²) >= 11 is 0. The molecule has 0 radical (unpaired) electrons. The Kier molecular flexibility index (Phi) is 5.57. The van der Waals surface area contributed by atoms with Crippen LogP contribution in [0.15, 0.2) is 18.2 Å². The van der Waals surface area contributed by atoms with E-state index in [9.17, 15) is 14.9 Å². The minimum absolute atomic E-state index is 0.0859. The molecule has 0 aliphatic heterocycles. The van der Waals surface area contributed by atoms with Crippen molar-refractivity contribution in [2.45, 2.75) is 32.1 Å². The van der Waals surface area contributed by atoms with Crippen LogP contribution in [-0.2, 0) is 0 Å². The van der Waals surface area contributed by atoms with Gasteiger partial charge in [0.15, 0.2) is 0 Å². The summed E-state index contributed by atoms with van der Waals surface area (Å²) < 4.78 is 4.92. The van der Waals surface area contributed by atoms with Crippen molar-refractivity contribution in [3.05, 3.63) is 28.3 Å². The Morgan fingerprint density at radius 1 is 1.36 bits per heavy atom. The second-order valence-electron chi connectivity index (χ2n) is 5.46. The van der Waals surface area contributed by atoms with Crippen molar-refractivity contribution in [2.75, 3.05) is 18.9 Å². The molecule has 1 aromatic rings. The van der Waals surface area contributed by atoms with E-state index in [1.54, 1.807) is 12.1 Å². The number of benzene rings is 1. The van der Waals surface area contributed by atoms with Crippen LogP contribution in [0.3, 0.4) is 0 Å². The van der Waals surface area contributed by atoms with Crippen molar-refractivity contribution in [3.8, 4) is 5.75 Å². The lowest BCUT2D eigenvalue weighted by molar-refractivity contribution is -0.384. The van der Waals surface area contributed by atoms with Gasteiger partial charge in [-0.05, 0) is 30.9 Å². The molecular formula is C15H21N3O4. The lowest BCUT2D eigenvalue weighted by Crippen LogP contribution is -2.22. The van der Waals surface area contributed by atoms with Crippen LogP contribution < -0.4 is 15.4 Å². The second kappa shape index (κ2) is 7.63.